The molecular formula is C15H15N3O3S2. The van der Waals surface area contributed by atoms with Gasteiger partial charge in [-0.2, -0.15) is 4.99 Å². The molecule has 1 aromatic rings. The number of carbonyl (C=O) groups excluding carboxylic acids is 2. The van der Waals surface area contributed by atoms with Crippen LogP contribution >= 0.6 is 23.5 Å². The number of hydrogen-bond acceptors (Lipinski definition) is 6. The first-order valence-electron chi connectivity index (χ1n) is 7.05. The molecule has 3 heterocycles. The summed E-state index contributed by atoms with van der Waals surface area (Å²) < 4.78 is 5.14. The predicted molar refractivity (Wildman–Crippen MR) is 92.6 cm³/mol. The van der Waals surface area contributed by atoms with Crippen molar-refractivity contribution in [3.05, 3.63) is 35.1 Å². The Labute approximate surface area is 141 Å². The first-order chi connectivity index (χ1) is 11.1. The number of amidine groups is 1. The van der Waals surface area contributed by atoms with Gasteiger partial charge in [0.05, 0.1) is 29.4 Å². The van der Waals surface area contributed by atoms with Gasteiger partial charge < -0.3 is 9.73 Å². The van der Waals surface area contributed by atoms with Crippen molar-refractivity contribution >= 4 is 46.2 Å². The number of nitrogens with zero attached hydrogens (tertiary/aromatic N) is 2. The maximum absolute atomic E-state index is 11.9. The van der Waals surface area contributed by atoms with E-state index in [1.165, 1.54) is 23.5 Å². The van der Waals surface area contributed by atoms with E-state index >= 15 is 0 Å². The van der Waals surface area contributed by atoms with Gasteiger partial charge in [-0.3, -0.25) is 9.59 Å². The molecule has 0 saturated heterocycles. The number of nitrogens with one attached hydrogen (secondary N) is 1. The minimum atomic E-state index is -0.301. The summed E-state index contributed by atoms with van der Waals surface area (Å²) in [5, 5.41) is 3.56. The fourth-order valence-corrected chi connectivity index (χ4v) is 3.82. The minimum Gasteiger partial charge on any atom is -0.467 e. The summed E-state index contributed by atoms with van der Waals surface area (Å²) in [6.07, 6.45) is 3.46. The maximum atomic E-state index is 11.9. The van der Waals surface area contributed by atoms with Gasteiger partial charge in [-0.05, 0) is 24.0 Å². The smallest absolute Gasteiger partial charge is 0.261 e. The molecule has 1 aromatic heterocycles. The standard InChI is InChI=1S/C15H15N3O3S2/c1-9-5-11-14(20)17-12(18-15(11)23-9)7-22-8-13(19)16-6-10-3-2-4-21-10/h2-5,11H,6-8H2,1H3,(H,16,19). The van der Waals surface area contributed by atoms with Crippen molar-refractivity contribution in [2.45, 2.75) is 13.5 Å². The zero-order chi connectivity index (χ0) is 16.2. The van der Waals surface area contributed by atoms with Crippen LogP contribution in [0, 0.1) is 5.92 Å². The van der Waals surface area contributed by atoms with Gasteiger partial charge in [0.2, 0.25) is 5.91 Å². The van der Waals surface area contributed by atoms with Crippen LogP contribution in [-0.2, 0) is 16.1 Å². The van der Waals surface area contributed by atoms with E-state index in [9.17, 15) is 9.59 Å². The molecule has 2 aliphatic heterocycles. The van der Waals surface area contributed by atoms with Crippen LogP contribution in [0.3, 0.4) is 0 Å². The van der Waals surface area contributed by atoms with Gasteiger partial charge in [0.15, 0.2) is 0 Å². The van der Waals surface area contributed by atoms with E-state index in [-0.39, 0.29) is 23.5 Å². The van der Waals surface area contributed by atoms with Crippen LogP contribution in [0.4, 0.5) is 0 Å². The molecule has 0 fully saturated rings. The lowest BCUT2D eigenvalue weighted by molar-refractivity contribution is -0.119. The van der Waals surface area contributed by atoms with Crippen LogP contribution in [0.15, 0.2) is 43.8 Å². The molecule has 1 atom stereocenters. The van der Waals surface area contributed by atoms with Crippen LogP contribution in [0.1, 0.15) is 12.7 Å². The van der Waals surface area contributed by atoms with Crippen LogP contribution < -0.4 is 5.32 Å². The number of furan rings is 1. The molecule has 0 bridgehead atoms. The quantitative estimate of drug-likeness (QED) is 0.851. The number of thioether (sulfide) groups is 2. The Balaban J connectivity index is 1.43. The normalized spacial score (nSPS) is 19.8. The third-order valence-corrected chi connectivity index (χ3v) is 5.12. The fourth-order valence-electron chi connectivity index (χ4n) is 2.14. The van der Waals surface area contributed by atoms with Gasteiger partial charge in [-0.25, -0.2) is 4.99 Å². The Morgan fingerprint density at radius 3 is 3.13 bits per heavy atom. The van der Waals surface area contributed by atoms with E-state index in [4.69, 9.17) is 4.42 Å². The Morgan fingerprint density at radius 2 is 2.35 bits per heavy atom. The number of hydrogen-bond donors (Lipinski definition) is 1. The number of allylic oxidation sites excluding steroid dienone is 1. The van der Waals surface area contributed by atoms with Gasteiger partial charge in [0.25, 0.3) is 5.91 Å². The van der Waals surface area contributed by atoms with Crippen LogP contribution in [-0.4, -0.2) is 34.2 Å². The molecule has 8 heteroatoms. The summed E-state index contributed by atoms with van der Waals surface area (Å²) in [6.45, 7) is 2.33. The molecule has 2 aliphatic rings. The second-order valence-corrected chi connectivity index (χ2v) is 7.27. The Morgan fingerprint density at radius 1 is 1.48 bits per heavy atom. The Hall–Kier alpha value is -1.80. The van der Waals surface area contributed by atoms with Gasteiger partial charge in [0, 0.05) is 0 Å². The summed E-state index contributed by atoms with van der Waals surface area (Å²) in [5.74, 6) is 1.36. The molecule has 120 valence electrons. The summed E-state index contributed by atoms with van der Waals surface area (Å²) in [4.78, 5) is 33.2. The van der Waals surface area contributed by atoms with Crippen molar-refractivity contribution in [2.24, 2.45) is 15.9 Å². The average Bonchev–Trinajstić information content (AvgIpc) is 3.14. The highest BCUT2D eigenvalue weighted by atomic mass is 32.2. The Kier molecular flexibility index (Phi) is 5.02. The summed E-state index contributed by atoms with van der Waals surface area (Å²) >= 11 is 2.90. The van der Waals surface area contributed by atoms with Crippen molar-refractivity contribution < 1.29 is 14.0 Å². The monoisotopic (exact) mass is 349 g/mol. The van der Waals surface area contributed by atoms with E-state index in [0.717, 1.165) is 9.95 Å². The molecule has 0 spiro atoms. The predicted octanol–water partition coefficient (Wildman–Crippen LogP) is 2.23. The van der Waals surface area contributed by atoms with Crippen molar-refractivity contribution in [3.8, 4) is 0 Å². The number of amides is 2. The Bertz CT molecular complexity index is 708. The molecule has 0 radical (unpaired) electrons. The van der Waals surface area contributed by atoms with Crippen LogP contribution in [0.25, 0.3) is 0 Å². The largest absolute Gasteiger partial charge is 0.467 e. The number of rotatable bonds is 6. The van der Waals surface area contributed by atoms with Crippen LogP contribution in [0.2, 0.25) is 0 Å². The van der Waals surface area contributed by atoms with E-state index in [1.54, 1.807) is 18.4 Å². The molecule has 0 saturated carbocycles. The highest BCUT2D eigenvalue weighted by molar-refractivity contribution is 8.17. The fraction of sp³-hybridized carbons (Fsp3) is 0.333. The number of fused-ring (bicyclic) bond motifs is 1. The average molecular weight is 349 g/mol. The molecule has 3 rings (SSSR count). The van der Waals surface area contributed by atoms with Crippen molar-refractivity contribution in [1.29, 1.82) is 0 Å². The minimum absolute atomic E-state index is 0.0904. The second-order valence-electron chi connectivity index (χ2n) is 5.02. The lowest BCUT2D eigenvalue weighted by Gasteiger charge is -2.12. The van der Waals surface area contributed by atoms with E-state index in [2.05, 4.69) is 15.3 Å². The van der Waals surface area contributed by atoms with Gasteiger partial charge in [-0.15, -0.1) is 11.8 Å². The second kappa shape index (κ2) is 7.18. The third-order valence-electron chi connectivity index (χ3n) is 3.18. The topological polar surface area (TPSA) is 84.0 Å². The van der Waals surface area contributed by atoms with Crippen molar-refractivity contribution in [3.63, 3.8) is 0 Å². The highest BCUT2D eigenvalue weighted by Gasteiger charge is 2.32. The molecule has 1 unspecified atom stereocenters. The first-order valence-corrected chi connectivity index (χ1v) is 9.02. The summed E-state index contributed by atoms with van der Waals surface area (Å²) in [7, 11) is 0. The van der Waals surface area contributed by atoms with Gasteiger partial charge >= 0.3 is 0 Å². The number of carbonyl (C=O) groups is 2. The van der Waals surface area contributed by atoms with Crippen molar-refractivity contribution in [1.82, 2.24) is 5.32 Å². The summed E-state index contributed by atoms with van der Waals surface area (Å²) in [6, 6.07) is 3.58. The zero-order valence-corrected chi connectivity index (χ0v) is 14.1. The molecule has 1 N–H and O–H groups in total. The lowest BCUT2D eigenvalue weighted by atomic mass is 10.1. The SMILES string of the molecule is CC1=CC2C(=O)N=C(CSCC(=O)NCc3ccco3)N=C2S1. The highest BCUT2D eigenvalue weighted by Crippen LogP contribution is 2.34. The number of aliphatic imine (C=N–C) groups is 2. The van der Waals surface area contributed by atoms with Gasteiger partial charge in [0.1, 0.15) is 17.5 Å². The maximum Gasteiger partial charge on any atom is 0.261 e. The van der Waals surface area contributed by atoms with Gasteiger partial charge in [-0.1, -0.05) is 17.8 Å². The molecular weight excluding hydrogens is 334 g/mol. The van der Waals surface area contributed by atoms with Crippen LogP contribution in [0.5, 0.6) is 0 Å². The lowest BCUT2D eigenvalue weighted by Crippen LogP contribution is -2.26. The third kappa shape index (κ3) is 4.14. The zero-order valence-electron chi connectivity index (χ0n) is 12.4. The van der Waals surface area contributed by atoms with E-state index < -0.39 is 0 Å². The molecule has 6 nitrogen and oxygen atoms in total. The van der Waals surface area contributed by atoms with E-state index in [1.807, 2.05) is 13.0 Å². The van der Waals surface area contributed by atoms with E-state index in [0.29, 0.717) is 23.9 Å². The summed E-state index contributed by atoms with van der Waals surface area (Å²) in [5.41, 5.74) is 0. The molecule has 23 heavy (non-hydrogen) atoms. The van der Waals surface area contributed by atoms with Crippen molar-refractivity contribution in [2.75, 3.05) is 11.5 Å². The first kappa shape index (κ1) is 16.1. The molecule has 0 aliphatic carbocycles. The molecule has 0 aromatic carbocycles. The molecule has 2 amide bonds.